The number of unbranched alkanes of at least 4 members (excludes halogenated alkanes) is 6. The lowest BCUT2D eigenvalue weighted by molar-refractivity contribution is -0.139. The molecule has 3 heterocycles. The minimum absolute atomic E-state index is 0.0205. The van der Waals surface area contributed by atoms with Crippen molar-refractivity contribution < 1.29 is 14.4 Å². The third kappa shape index (κ3) is 5.96. The number of aromatic nitrogens is 4. The maximum absolute atomic E-state index is 14.2. The summed E-state index contributed by atoms with van der Waals surface area (Å²) >= 11 is 0. The highest BCUT2D eigenvalue weighted by atomic mass is 16.2. The number of Topliss-reactive ketones (excluding diaryl/α,β-unsaturated/α-hetero) is 1. The first kappa shape index (κ1) is 29.9. The molecular formula is C33H44N6O3. The lowest BCUT2D eigenvalue weighted by Crippen LogP contribution is -2.48. The first-order valence-corrected chi connectivity index (χ1v) is 15.5. The van der Waals surface area contributed by atoms with Gasteiger partial charge in [-0.1, -0.05) is 52.4 Å². The second-order valence-electron chi connectivity index (χ2n) is 12.6. The SMILES string of the molecule is CCCCCCCCCNC(=O)[C@@H]1C[C@@]2(C)C[C@H]2N1C(=O)Cc1c(-c2cnc(C)nc2)cc(C)c2n[nH]c(C(C)=O)c12. The average molecular weight is 573 g/mol. The van der Waals surface area contributed by atoms with Gasteiger partial charge in [-0.2, -0.15) is 5.10 Å². The topological polar surface area (TPSA) is 121 Å². The minimum atomic E-state index is -0.477. The molecule has 1 saturated heterocycles. The molecular weight excluding hydrogens is 528 g/mol. The summed E-state index contributed by atoms with van der Waals surface area (Å²) in [5, 5.41) is 11.1. The molecule has 2 N–H and O–H groups in total. The second-order valence-corrected chi connectivity index (χ2v) is 12.6. The van der Waals surface area contributed by atoms with E-state index in [0.717, 1.165) is 36.0 Å². The van der Waals surface area contributed by atoms with Crippen LogP contribution in [0, 0.1) is 19.3 Å². The number of carbonyl (C=O) groups excluding carboxylic acids is 3. The largest absolute Gasteiger partial charge is 0.354 e. The van der Waals surface area contributed by atoms with E-state index in [4.69, 9.17) is 0 Å². The number of amides is 2. The fraction of sp³-hybridized carbons (Fsp3) is 0.576. The van der Waals surface area contributed by atoms with Crippen LogP contribution >= 0.6 is 0 Å². The molecule has 1 aliphatic carbocycles. The summed E-state index contributed by atoms with van der Waals surface area (Å²) in [4.78, 5) is 50.8. The van der Waals surface area contributed by atoms with E-state index in [-0.39, 0.29) is 35.5 Å². The Bertz CT molecular complexity index is 1480. The zero-order valence-electron chi connectivity index (χ0n) is 25.7. The van der Waals surface area contributed by atoms with Crippen molar-refractivity contribution in [1.29, 1.82) is 0 Å². The van der Waals surface area contributed by atoms with Crippen molar-refractivity contribution in [2.24, 2.45) is 5.41 Å². The van der Waals surface area contributed by atoms with Gasteiger partial charge in [0.25, 0.3) is 0 Å². The molecule has 2 amide bonds. The molecule has 224 valence electrons. The number of piperidine rings is 1. The summed E-state index contributed by atoms with van der Waals surface area (Å²) in [5.41, 5.74) is 4.20. The highest BCUT2D eigenvalue weighted by Gasteiger charge is 2.64. The van der Waals surface area contributed by atoms with Gasteiger partial charge >= 0.3 is 0 Å². The van der Waals surface area contributed by atoms with Crippen LogP contribution in [-0.4, -0.2) is 61.3 Å². The number of ketones is 1. The molecule has 5 rings (SSSR count). The van der Waals surface area contributed by atoms with Crippen molar-refractivity contribution in [3.05, 3.63) is 41.1 Å². The van der Waals surface area contributed by atoms with Gasteiger partial charge in [-0.05, 0) is 61.3 Å². The number of nitrogens with one attached hydrogen (secondary N) is 2. The average Bonchev–Trinajstić information content (AvgIpc) is 3.28. The van der Waals surface area contributed by atoms with Crippen molar-refractivity contribution in [3.63, 3.8) is 0 Å². The van der Waals surface area contributed by atoms with E-state index in [1.54, 1.807) is 12.4 Å². The molecule has 9 nitrogen and oxygen atoms in total. The number of likely N-dealkylation sites (tertiary alicyclic amines) is 1. The molecule has 9 heteroatoms. The highest BCUT2D eigenvalue weighted by molar-refractivity contribution is 6.09. The summed E-state index contributed by atoms with van der Waals surface area (Å²) in [6.07, 6.45) is 13.4. The van der Waals surface area contributed by atoms with E-state index in [0.29, 0.717) is 41.0 Å². The Labute approximate surface area is 248 Å². The summed E-state index contributed by atoms with van der Waals surface area (Å²) < 4.78 is 0. The molecule has 3 atom stereocenters. The predicted molar refractivity (Wildman–Crippen MR) is 163 cm³/mol. The maximum Gasteiger partial charge on any atom is 0.242 e. The molecule has 0 bridgehead atoms. The van der Waals surface area contributed by atoms with Crippen LogP contribution in [0.5, 0.6) is 0 Å². The Morgan fingerprint density at radius 3 is 2.43 bits per heavy atom. The van der Waals surface area contributed by atoms with E-state index in [1.807, 2.05) is 24.8 Å². The molecule has 2 aliphatic rings. The van der Waals surface area contributed by atoms with Gasteiger partial charge in [0.15, 0.2) is 5.78 Å². The molecule has 2 aromatic heterocycles. The Balaban J connectivity index is 1.38. The molecule has 1 aliphatic heterocycles. The van der Waals surface area contributed by atoms with E-state index < -0.39 is 6.04 Å². The number of carbonyl (C=O) groups is 3. The fourth-order valence-electron chi connectivity index (χ4n) is 6.67. The molecule has 2 fully saturated rings. The second kappa shape index (κ2) is 12.3. The van der Waals surface area contributed by atoms with Gasteiger partial charge in [0.05, 0.1) is 11.9 Å². The van der Waals surface area contributed by atoms with E-state index >= 15 is 0 Å². The van der Waals surface area contributed by atoms with Crippen LogP contribution in [0.25, 0.3) is 22.0 Å². The Morgan fingerprint density at radius 2 is 1.74 bits per heavy atom. The standard InChI is InChI=1S/C33H44N6O3/c1-6-7-8-9-10-11-12-13-34-32(42)26-16-33(5)17-27(33)39(26)28(41)15-25-24(23-18-35-22(4)36-19-23)14-20(2)30-29(25)31(21(3)40)38-37-30/h14,18-19,26-27H,6-13,15-17H2,1-5H3,(H,34,42)(H,37,38)/t26-,27+,33-/m0/s1. The minimum Gasteiger partial charge on any atom is -0.354 e. The van der Waals surface area contributed by atoms with Crippen LogP contribution in [0.15, 0.2) is 18.5 Å². The van der Waals surface area contributed by atoms with Crippen LogP contribution in [0.1, 0.15) is 106 Å². The molecule has 42 heavy (non-hydrogen) atoms. The number of nitrogens with zero attached hydrogens (tertiary/aromatic N) is 4. The number of aryl methyl sites for hydroxylation is 2. The highest BCUT2D eigenvalue weighted by Crippen LogP contribution is 2.59. The van der Waals surface area contributed by atoms with Crippen molar-refractivity contribution in [2.75, 3.05) is 6.54 Å². The van der Waals surface area contributed by atoms with Crippen LogP contribution in [0.4, 0.5) is 0 Å². The molecule has 1 saturated carbocycles. The first-order valence-electron chi connectivity index (χ1n) is 15.5. The van der Waals surface area contributed by atoms with Gasteiger partial charge in [0.2, 0.25) is 11.8 Å². The van der Waals surface area contributed by atoms with Crippen molar-refractivity contribution >= 4 is 28.5 Å². The molecule has 0 spiro atoms. The summed E-state index contributed by atoms with van der Waals surface area (Å²) in [7, 11) is 0. The zero-order valence-corrected chi connectivity index (χ0v) is 25.7. The Hall–Kier alpha value is -3.62. The Morgan fingerprint density at radius 1 is 1.05 bits per heavy atom. The first-order chi connectivity index (χ1) is 20.1. The van der Waals surface area contributed by atoms with Gasteiger partial charge in [0, 0.05) is 42.9 Å². The van der Waals surface area contributed by atoms with Gasteiger partial charge in [-0.15, -0.1) is 0 Å². The van der Waals surface area contributed by atoms with E-state index in [9.17, 15) is 14.4 Å². The number of aromatic amines is 1. The predicted octanol–water partition coefficient (Wildman–Crippen LogP) is 5.63. The number of rotatable bonds is 13. The fourth-order valence-corrected chi connectivity index (χ4v) is 6.67. The summed E-state index contributed by atoms with van der Waals surface area (Å²) in [6.45, 7) is 10.3. The quantitative estimate of drug-likeness (QED) is 0.202. The number of benzene rings is 1. The lowest BCUT2D eigenvalue weighted by Gasteiger charge is -2.27. The van der Waals surface area contributed by atoms with Gasteiger partial charge < -0.3 is 10.2 Å². The van der Waals surface area contributed by atoms with Gasteiger partial charge in [-0.25, -0.2) is 9.97 Å². The third-order valence-electron chi connectivity index (χ3n) is 9.21. The van der Waals surface area contributed by atoms with Crippen molar-refractivity contribution in [3.8, 4) is 11.1 Å². The van der Waals surface area contributed by atoms with Crippen LogP contribution in [0.2, 0.25) is 0 Å². The van der Waals surface area contributed by atoms with Crippen LogP contribution in [0.3, 0.4) is 0 Å². The smallest absolute Gasteiger partial charge is 0.242 e. The number of H-pyrrole nitrogens is 1. The van der Waals surface area contributed by atoms with Gasteiger partial charge in [-0.3, -0.25) is 19.5 Å². The number of hydrogen-bond donors (Lipinski definition) is 2. The lowest BCUT2D eigenvalue weighted by atomic mass is 9.91. The summed E-state index contributed by atoms with van der Waals surface area (Å²) in [6, 6.07) is 1.57. The maximum atomic E-state index is 14.2. The van der Waals surface area contributed by atoms with Crippen LogP contribution < -0.4 is 5.32 Å². The van der Waals surface area contributed by atoms with Crippen molar-refractivity contribution in [1.82, 2.24) is 30.4 Å². The zero-order chi connectivity index (χ0) is 30.0. The molecule has 0 unspecified atom stereocenters. The normalized spacial score (nSPS) is 21.0. The molecule has 1 aromatic carbocycles. The third-order valence-corrected chi connectivity index (χ3v) is 9.21. The van der Waals surface area contributed by atoms with Crippen LogP contribution in [-0.2, 0) is 16.0 Å². The van der Waals surface area contributed by atoms with Gasteiger partial charge in [0.1, 0.15) is 17.6 Å². The number of hydrogen-bond acceptors (Lipinski definition) is 6. The Kier molecular flexibility index (Phi) is 8.76. The van der Waals surface area contributed by atoms with Crippen molar-refractivity contribution in [2.45, 2.75) is 111 Å². The van der Waals surface area contributed by atoms with E-state index in [2.05, 4.69) is 39.3 Å². The summed E-state index contributed by atoms with van der Waals surface area (Å²) in [5.74, 6) is 0.336. The molecule has 0 radical (unpaired) electrons. The number of fused-ring (bicyclic) bond motifs is 2. The monoisotopic (exact) mass is 572 g/mol. The van der Waals surface area contributed by atoms with E-state index in [1.165, 1.54) is 39.0 Å². The molecule has 3 aromatic rings.